The van der Waals surface area contributed by atoms with Crippen LogP contribution in [0.5, 0.6) is 0 Å². The van der Waals surface area contributed by atoms with Gasteiger partial charge in [0.2, 0.25) is 0 Å². The topological polar surface area (TPSA) is 16.1 Å². The second-order valence-electron chi connectivity index (χ2n) is 4.91. The van der Waals surface area contributed by atoms with Crippen molar-refractivity contribution in [3.8, 4) is 10.4 Å². The molecule has 2 rings (SSSR count). The second-order valence-corrected chi connectivity index (χ2v) is 6.11. The highest BCUT2D eigenvalue weighted by molar-refractivity contribution is 7.15. The molecule has 0 aliphatic rings. The molecule has 2 aromatic rings. The number of aryl methyl sites for hydroxylation is 2. The minimum Gasteiger partial charge on any atom is -0.303 e. The van der Waals surface area contributed by atoms with E-state index >= 15 is 0 Å². The Morgan fingerprint density at radius 1 is 1.11 bits per heavy atom. The van der Waals surface area contributed by atoms with Gasteiger partial charge in [-0.25, -0.2) is 4.98 Å². The summed E-state index contributed by atoms with van der Waals surface area (Å²) in [4.78, 5) is 7.99. The minimum absolute atomic E-state index is 0.448. The molecule has 0 radical (unpaired) electrons. The molecule has 0 aliphatic heterocycles. The molecule has 0 saturated carbocycles. The molecule has 1 atom stereocenters. The minimum atomic E-state index is 0.448. The maximum Gasteiger partial charge on any atom is 0.0903 e. The third-order valence-corrected chi connectivity index (χ3v) is 4.46. The zero-order chi connectivity index (χ0) is 13.3. The quantitative estimate of drug-likeness (QED) is 0.827. The predicted molar refractivity (Wildman–Crippen MR) is 79.1 cm³/mol. The Morgan fingerprint density at radius 2 is 1.72 bits per heavy atom. The lowest BCUT2D eigenvalue weighted by atomic mass is 10.0. The van der Waals surface area contributed by atoms with Crippen LogP contribution >= 0.6 is 11.3 Å². The zero-order valence-corrected chi connectivity index (χ0v) is 12.5. The average molecular weight is 260 g/mol. The molecule has 3 heteroatoms. The first-order valence-electron chi connectivity index (χ1n) is 6.20. The number of aromatic nitrogens is 1. The summed E-state index contributed by atoms with van der Waals surface area (Å²) in [6.45, 7) is 6.36. The van der Waals surface area contributed by atoms with Crippen molar-refractivity contribution in [1.82, 2.24) is 9.88 Å². The molecular formula is C15H20N2S. The second kappa shape index (κ2) is 5.21. The molecular weight excluding hydrogens is 240 g/mol. The number of rotatable bonds is 3. The van der Waals surface area contributed by atoms with Crippen molar-refractivity contribution < 1.29 is 0 Å². The SMILES string of the molecule is Cc1nc(C)c(-c2ccc(C(C)N(C)C)cc2)s1. The highest BCUT2D eigenvalue weighted by Gasteiger charge is 2.10. The van der Waals surface area contributed by atoms with Gasteiger partial charge >= 0.3 is 0 Å². The summed E-state index contributed by atoms with van der Waals surface area (Å²) in [6, 6.07) is 9.29. The largest absolute Gasteiger partial charge is 0.303 e. The average Bonchev–Trinajstić information content (AvgIpc) is 2.67. The number of thiazole rings is 1. The van der Waals surface area contributed by atoms with Gasteiger partial charge in [0.15, 0.2) is 0 Å². The van der Waals surface area contributed by atoms with E-state index < -0.39 is 0 Å². The lowest BCUT2D eigenvalue weighted by molar-refractivity contribution is 0.321. The number of hydrogen-bond acceptors (Lipinski definition) is 3. The first-order chi connectivity index (χ1) is 8.49. The van der Waals surface area contributed by atoms with Gasteiger partial charge in [0.05, 0.1) is 15.6 Å². The first-order valence-corrected chi connectivity index (χ1v) is 7.01. The molecule has 0 fully saturated rings. The van der Waals surface area contributed by atoms with E-state index in [-0.39, 0.29) is 0 Å². The molecule has 0 spiro atoms. The molecule has 0 aliphatic carbocycles. The highest BCUT2D eigenvalue weighted by Crippen LogP contribution is 2.30. The fourth-order valence-electron chi connectivity index (χ4n) is 2.01. The Hall–Kier alpha value is -1.19. The van der Waals surface area contributed by atoms with Crippen LogP contribution < -0.4 is 0 Å². The summed E-state index contributed by atoms with van der Waals surface area (Å²) in [5.41, 5.74) is 3.75. The fraction of sp³-hybridized carbons (Fsp3) is 0.400. The zero-order valence-electron chi connectivity index (χ0n) is 11.7. The highest BCUT2D eigenvalue weighted by atomic mass is 32.1. The molecule has 2 nitrogen and oxygen atoms in total. The standard InChI is InChI=1S/C15H20N2S/c1-10-15(18-12(3)16-10)14-8-6-13(7-9-14)11(2)17(4)5/h6-9,11H,1-5H3. The first kappa shape index (κ1) is 13.2. The number of hydrogen-bond donors (Lipinski definition) is 0. The maximum atomic E-state index is 4.48. The Labute approximate surface area is 113 Å². The van der Waals surface area contributed by atoms with Crippen molar-refractivity contribution in [1.29, 1.82) is 0 Å². The van der Waals surface area contributed by atoms with Crippen LogP contribution in [-0.4, -0.2) is 24.0 Å². The van der Waals surface area contributed by atoms with Crippen molar-refractivity contribution >= 4 is 11.3 Å². The molecule has 0 saturated heterocycles. The lowest BCUT2D eigenvalue weighted by Crippen LogP contribution is -2.16. The van der Waals surface area contributed by atoms with Gasteiger partial charge in [-0.1, -0.05) is 24.3 Å². The van der Waals surface area contributed by atoms with Gasteiger partial charge in [-0.3, -0.25) is 0 Å². The van der Waals surface area contributed by atoms with E-state index in [1.807, 2.05) is 0 Å². The van der Waals surface area contributed by atoms with E-state index in [2.05, 4.69) is 69.0 Å². The summed E-state index contributed by atoms with van der Waals surface area (Å²) in [5, 5.41) is 1.13. The van der Waals surface area contributed by atoms with Crippen LogP contribution in [0.2, 0.25) is 0 Å². The van der Waals surface area contributed by atoms with Crippen molar-refractivity contribution in [3.05, 3.63) is 40.5 Å². The smallest absolute Gasteiger partial charge is 0.0903 e. The van der Waals surface area contributed by atoms with Crippen LogP contribution in [0.3, 0.4) is 0 Å². The van der Waals surface area contributed by atoms with Crippen molar-refractivity contribution in [2.24, 2.45) is 0 Å². The van der Waals surface area contributed by atoms with Gasteiger partial charge in [0.25, 0.3) is 0 Å². The lowest BCUT2D eigenvalue weighted by Gasteiger charge is -2.20. The van der Waals surface area contributed by atoms with E-state index in [1.54, 1.807) is 11.3 Å². The summed E-state index contributed by atoms with van der Waals surface area (Å²) < 4.78 is 0. The van der Waals surface area contributed by atoms with Crippen LogP contribution in [0, 0.1) is 13.8 Å². The molecule has 0 amide bonds. The van der Waals surface area contributed by atoms with Crippen molar-refractivity contribution in [3.63, 3.8) is 0 Å². The van der Waals surface area contributed by atoms with Crippen LogP contribution in [0.25, 0.3) is 10.4 Å². The van der Waals surface area contributed by atoms with E-state index in [1.165, 1.54) is 16.0 Å². The Kier molecular flexibility index (Phi) is 3.83. The van der Waals surface area contributed by atoms with E-state index in [0.717, 1.165) is 10.7 Å². The third kappa shape index (κ3) is 2.62. The van der Waals surface area contributed by atoms with Crippen LogP contribution in [0.15, 0.2) is 24.3 Å². The molecule has 0 bridgehead atoms. The van der Waals surface area contributed by atoms with Gasteiger partial charge in [-0.15, -0.1) is 11.3 Å². The molecule has 1 aromatic carbocycles. The summed E-state index contributed by atoms with van der Waals surface area (Å²) in [5.74, 6) is 0. The van der Waals surface area contributed by atoms with E-state index in [9.17, 15) is 0 Å². The van der Waals surface area contributed by atoms with Crippen LogP contribution in [0.4, 0.5) is 0 Å². The molecule has 1 heterocycles. The Bertz CT molecular complexity index is 526. The monoisotopic (exact) mass is 260 g/mol. The van der Waals surface area contributed by atoms with Crippen LogP contribution in [0.1, 0.15) is 29.2 Å². The van der Waals surface area contributed by atoms with E-state index in [4.69, 9.17) is 0 Å². The molecule has 1 aromatic heterocycles. The summed E-state index contributed by atoms with van der Waals surface area (Å²) in [7, 11) is 4.21. The number of benzene rings is 1. The summed E-state index contributed by atoms with van der Waals surface area (Å²) in [6.07, 6.45) is 0. The third-order valence-electron chi connectivity index (χ3n) is 3.33. The molecule has 1 unspecified atom stereocenters. The van der Waals surface area contributed by atoms with Gasteiger partial charge in [0.1, 0.15) is 0 Å². The van der Waals surface area contributed by atoms with Crippen LogP contribution in [-0.2, 0) is 0 Å². The maximum absolute atomic E-state index is 4.48. The number of nitrogens with zero attached hydrogens (tertiary/aromatic N) is 2. The van der Waals surface area contributed by atoms with E-state index in [0.29, 0.717) is 6.04 Å². The fourth-order valence-corrected chi connectivity index (χ4v) is 2.94. The van der Waals surface area contributed by atoms with Gasteiger partial charge in [-0.2, -0.15) is 0 Å². The Balaban J connectivity index is 2.30. The van der Waals surface area contributed by atoms with Gasteiger partial charge < -0.3 is 4.90 Å². The molecule has 96 valence electrons. The normalized spacial score (nSPS) is 13.0. The van der Waals surface area contributed by atoms with Crippen molar-refractivity contribution in [2.75, 3.05) is 14.1 Å². The van der Waals surface area contributed by atoms with Gasteiger partial charge in [0, 0.05) is 6.04 Å². The van der Waals surface area contributed by atoms with Gasteiger partial charge in [-0.05, 0) is 46.0 Å². The summed E-state index contributed by atoms with van der Waals surface area (Å²) >= 11 is 1.77. The molecule has 0 N–H and O–H groups in total. The Morgan fingerprint density at radius 3 is 2.17 bits per heavy atom. The predicted octanol–water partition coefficient (Wildman–Crippen LogP) is 4.05. The van der Waals surface area contributed by atoms with Crippen molar-refractivity contribution in [2.45, 2.75) is 26.8 Å². The molecule has 18 heavy (non-hydrogen) atoms.